The zero-order valence-corrected chi connectivity index (χ0v) is 13.2. The molecule has 0 aliphatic carbocycles. The molecule has 1 aromatic rings. The van der Waals surface area contributed by atoms with Gasteiger partial charge in [-0.05, 0) is 19.3 Å². The fourth-order valence-corrected chi connectivity index (χ4v) is 3.40. The van der Waals surface area contributed by atoms with Gasteiger partial charge in [-0.25, -0.2) is 4.98 Å². The van der Waals surface area contributed by atoms with Crippen molar-refractivity contribution in [2.75, 3.05) is 19.6 Å². The molecule has 6 heteroatoms. The minimum absolute atomic E-state index is 0.0453. The number of aromatic nitrogens is 2. The Bertz CT molecular complexity index is 554. The second kappa shape index (κ2) is 6.50. The standard InChI is InChI=1S/C16H24N4O2/c1-2-4-15(21)19-7-3-5-13(11-19)16(22)20-10-9-18-8-6-17-14(18)12-20/h6,8,13H,2-5,7,9-12H2,1H3. The second-order valence-electron chi connectivity index (χ2n) is 6.23. The Morgan fingerprint density at radius 2 is 2.14 bits per heavy atom. The summed E-state index contributed by atoms with van der Waals surface area (Å²) >= 11 is 0. The Morgan fingerprint density at radius 3 is 2.95 bits per heavy atom. The first kappa shape index (κ1) is 15.1. The molecule has 1 atom stereocenters. The van der Waals surface area contributed by atoms with E-state index in [9.17, 15) is 9.59 Å². The Hall–Kier alpha value is -1.85. The smallest absolute Gasteiger partial charge is 0.227 e. The van der Waals surface area contributed by atoms with Gasteiger partial charge in [0.05, 0.1) is 12.5 Å². The van der Waals surface area contributed by atoms with E-state index in [4.69, 9.17) is 0 Å². The predicted molar refractivity (Wildman–Crippen MR) is 81.9 cm³/mol. The van der Waals surface area contributed by atoms with Gasteiger partial charge in [0.25, 0.3) is 0 Å². The number of nitrogens with zero attached hydrogens (tertiary/aromatic N) is 4. The molecule has 2 aliphatic rings. The SMILES string of the molecule is CCCC(=O)N1CCCC(C(=O)N2CCn3ccnc3C2)C1. The Balaban J connectivity index is 1.61. The summed E-state index contributed by atoms with van der Waals surface area (Å²) in [5, 5.41) is 0. The summed E-state index contributed by atoms with van der Waals surface area (Å²) in [7, 11) is 0. The maximum atomic E-state index is 12.8. The van der Waals surface area contributed by atoms with Crippen LogP contribution in [0.15, 0.2) is 12.4 Å². The highest BCUT2D eigenvalue weighted by Gasteiger charge is 2.32. The lowest BCUT2D eigenvalue weighted by atomic mass is 9.96. The van der Waals surface area contributed by atoms with E-state index in [0.717, 1.165) is 44.7 Å². The van der Waals surface area contributed by atoms with Crippen molar-refractivity contribution in [2.45, 2.75) is 45.7 Å². The lowest BCUT2D eigenvalue weighted by Gasteiger charge is -2.36. The van der Waals surface area contributed by atoms with E-state index < -0.39 is 0 Å². The van der Waals surface area contributed by atoms with E-state index in [1.807, 2.05) is 22.9 Å². The summed E-state index contributed by atoms with van der Waals surface area (Å²) in [6.45, 7) is 5.54. The normalized spacial score (nSPS) is 21.6. The fraction of sp³-hybridized carbons (Fsp3) is 0.688. The van der Waals surface area contributed by atoms with Crippen LogP contribution in [0.5, 0.6) is 0 Å². The molecule has 0 N–H and O–H groups in total. The molecule has 1 unspecified atom stereocenters. The quantitative estimate of drug-likeness (QED) is 0.845. The van der Waals surface area contributed by atoms with E-state index in [1.165, 1.54) is 0 Å². The van der Waals surface area contributed by atoms with Crippen LogP contribution in [0, 0.1) is 5.92 Å². The molecule has 6 nitrogen and oxygen atoms in total. The Kier molecular flexibility index (Phi) is 4.45. The molecule has 0 saturated carbocycles. The van der Waals surface area contributed by atoms with Crippen LogP contribution in [0.25, 0.3) is 0 Å². The Labute approximate surface area is 131 Å². The van der Waals surface area contributed by atoms with Crippen LogP contribution in [0.3, 0.4) is 0 Å². The largest absolute Gasteiger partial charge is 0.342 e. The molecule has 0 spiro atoms. The van der Waals surface area contributed by atoms with E-state index in [2.05, 4.69) is 9.55 Å². The average Bonchev–Trinajstić information content (AvgIpc) is 3.02. The Morgan fingerprint density at radius 1 is 1.27 bits per heavy atom. The van der Waals surface area contributed by atoms with Crippen molar-refractivity contribution in [3.63, 3.8) is 0 Å². The molecule has 0 bridgehead atoms. The maximum absolute atomic E-state index is 12.8. The van der Waals surface area contributed by atoms with Crippen LogP contribution in [0.2, 0.25) is 0 Å². The highest BCUT2D eigenvalue weighted by Crippen LogP contribution is 2.22. The van der Waals surface area contributed by atoms with Crippen molar-refractivity contribution < 1.29 is 9.59 Å². The number of likely N-dealkylation sites (tertiary alicyclic amines) is 1. The van der Waals surface area contributed by atoms with Crippen molar-refractivity contribution >= 4 is 11.8 Å². The van der Waals surface area contributed by atoms with Crippen LogP contribution >= 0.6 is 0 Å². The van der Waals surface area contributed by atoms with E-state index in [0.29, 0.717) is 19.5 Å². The van der Waals surface area contributed by atoms with Crippen LogP contribution < -0.4 is 0 Å². The molecule has 22 heavy (non-hydrogen) atoms. The molecule has 2 amide bonds. The molecule has 120 valence electrons. The van der Waals surface area contributed by atoms with Gasteiger partial charge in [0.1, 0.15) is 5.82 Å². The monoisotopic (exact) mass is 304 g/mol. The first-order valence-corrected chi connectivity index (χ1v) is 8.25. The second-order valence-corrected chi connectivity index (χ2v) is 6.23. The number of imidazole rings is 1. The summed E-state index contributed by atoms with van der Waals surface area (Å²) in [4.78, 5) is 32.9. The van der Waals surface area contributed by atoms with Gasteiger partial charge in [0.2, 0.25) is 11.8 Å². The van der Waals surface area contributed by atoms with Crippen LogP contribution in [-0.4, -0.2) is 50.8 Å². The lowest BCUT2D eigenvalue weighted by Crippen LogP contribution is -2.48. The highest BCUT2D eigenvalue weighted by molar-refractivity contribution is 5.81. The number of piperidine rings is 1. The number of carbonyl (C=O) groups excluding carboxylic acids is 2. The number of hydrogen-bond acceptors (Lipinski definition) is 3. The third-order valence-electron chi connectivity index (χ3n) is 4.64. The first-order chi connectivity index (χ1) is 10.7. The van der Waals surface area contributed by atoms with Crippen molar-refractivity contribution in [2.24, 2.45) is 5.92 Å². The van der Waals surface area contributed by atoms with Crippen molar-refractivity contribution in [3.05, 3.63) is 18.2 Å². The van der Waals surface area contributed by atoms with Gasteiger partial charge >= 0.3 is 0 Å². The predicted octanol–water partition coefficient (Wildman–Crippen LogP) is 1.26. The van der Waals surface area contributed by atoms with E-state index in [-0.39, 0.29) is 17.7 Å². The van der Waals surface area contributed by atoms with Crippen LogP contribution in [0.4, 0.5) is 0 Å². The van der Waals surface area contributed by atoms with Gasteiger partial charge in [-0.15, -0.1) is 0 Å². The maximum Gasteiger partial charge on any atom is 0.227 e. The fourth-order valence-electron chi connectivity index (χ4n) is 3.40. The third kappa shape index (κ3) is 3.00. The summed E-state index contributed by atoms with van der Waals surface area (Å²) in [5.74, 6) is 1.28. The number of rotatable bonds is 3. The summed E-state index contributed by atoms with van der Waals surface area (Å²) in [5.41, 5.74) is 0. The molecule has 3 rings (SSSR count). The minimum atomic E-state index is -0.0453. The van der Waals surface area contributed by atoms with Gasteiger partial charge in [-0.3, -0.25) is 9.59 Å². The van der Waals surface area contributed by atoms with Crippen molar-refractivity contribution in [1.82, 2.24) is 19.4 Å². The molecule has 0 radical (unpaired) electrons. The molecule has 0 aromatic carbocycles. The van der Waals surface area contributed by atoms with Gasteiger partial charge in [0.15, 0.2) is 0 Å². The number of amides is 2. The van der Waals surface area contributed by atoms with E-state index in [1.54, 1.807) is 6.20 Å². The topological polar surface area (TPSA) is 58.4 Å². The summed E-state index contributed by atoms with van der Waals surface area (Å²) in [6, 6.07) is 0. The van der Waals surface area contributed by atoms with Gasteiger partial charge in [-0.1, -0.05) is 6.92 Å². The molecular formula is C16H24N4O2. The van der Waals surface area contributed by atoms with Crippen LogP contribution in [0.1, 0.15) is 38.4 Å². The number of fused-ring (bicyclic) bond motifs is 1. The van der Waals surface area contributed by atoms with E-state index >= 15 is 0 Å². The zero-order chi connectivity index (χ0) is 15.5. The first-order valence-electron chi connectivity index (χ1n) is 8.25. The highest BCUT2D eigenvalue weighted by atomic mass is 16.2. The van der Waals surface area contributed by atoms with Gasteiger partial charge in [-0.2, -0.15) is 0 Å². The van der Waals surface area contributed by atoms with Gasteiger partial charge < -0.3 is 14.4 Å². The molecule has 1 saturated heterocycles. The molecule has 1 fully saturated rings. The summed E-state index contributed by atoms with van der Waals surface area (Å²) < 4.78 is 2.10. The third-order valence-corrected chi connectivity index (χ3v) is 4.64. The molecular weight excluding hydrogens is 280 g/mol. The van der Waals surface area contributed by atoms with Crippen molar-refractivity contribution in [1.29, 1.82) is 0 Å². The molecule has 3 heterocycles. The van der Waals surface area contributed by atoms with Crippen molar-refractivity contribution in [3.8, 4) is 0 Å². The average molecular weight is 304 g/mol. The summed E-state index contributed by atoms with van der Waals surface area (Å²) in [6.07, 6.45) is 7.01. The minimum Gasteiger partial charge on any atom is -0.342 e. The molecule has 2 aliphatic heterocycles. The molecule has 1 aromatic heterocycles. The number of carbonyl (C=O) groups is 2. The number of hydrogen-bond donors (Lipinski definition) is 0. The zero-order valence-electron chi connectivity index (χ0n) is 13.2. The lowest BCUT2D eigenvalue weighted by molar-refractivity contribution is -0.142. The van der Waals surface area contributed by atoms with Crippen LogP contribution in [-0.2, 0) is 22.7 Å². The van der Waals surface area contributed by atoms with Gasteiger partial charge in [0, 0.05) is 45.0 Å².